The molecule has 2 aliphatic rings. The van der Waals surface area contributed by atoms with E-state index in [1.54, 1.807) is 13.0 Å². The second kappa shape index (κ2) is 9.58. The molecule has 0 N–H and O–H groups in total. The Morgan fingerprint density at radius 1 is 0.738 bits per heavy atom. The van der Waals surface area contributed by atoms with Gasteiger partial charge in [-0.2, -0.15) is 0 Å². The molecule has 0 saturated heterocycles. The molecule has 12 heteroatoms. The van der Waals surface area contributed by atoms with Gasteiger partial charge in [0.1, 0.15) is 11.5 Å². The number of halogens is 6. The molecule has 0 atom stereocenters. The summed E-state index contributed by atoms with van der Waals surface area (Å²) in [7, 11) is 0. The number of benzene rings is 3. The molecule has 0 aliphatic heterocycles. The third-order valence-electron chi connectivity index (χ3n) is 7.03. The Labute approximate surface area is 234 Å². The molecule has 5 rings (SSSR count). The Kier molecular flexibility index (Phi) is 6.40. The van der Waals surface area contributed by atoms with Crippen LogP contribution in [0.4, 0.5) is 26.3 Å². The molecular formula is C30H14F6N4O2. The van der Waals surface area contributed by atoms with Crippen molar-refractivity contribution in [3.05, 3.63) is 90.9 Å². The van der Waals surface area contributed by atoms with Crippen molar-refractivity contribution in [2.24, 2.45) is 0 Å². The van der Waals surface area contributed by atoms with E-state index in [-0.39, 0.29) is 45.5 Å². The highest BCUT2D eigenvalue weighted by Gasteiger charge is 2.39. The first-order valence-corrected chi connectivity index (χ1v) is 12.0. The van der Waals surface area contributed by atoms with E-state index in [1.807, 2.05) is 25.1 Å². The molecule has 3 aromatic rings. The van der Waals surface area contributed by atoms with Crippen LogP contribution < -0.4 is 19.9 Å². The summed E-state index contributed by atoms with van der Waals surface area (Å²) < 4.78 is 88.0. The van der Waals surface area contributed by atoms with Crippen LogP contribution in [0.2, 0.25) is 0 Å². The SMILES string of the molecule is [C-]#[N+]/C(C#N)=c1/c2c(/c(=C(\C#N)[N+]#[C-])c3c1-c1c(C)cc(C)cc1C3)-c1c(cc(OC(F)(F)F)cc1OC(F)(F)F)C2. The lowest BCUT2D eigenvalue weighted by atomic mass is 9.89. The van der Waals surface area contributed by atoms with Gasteiger partial charge in [-0.25, -0.2) is 20.2 Å². The van der Waals surface area contributed by atoms with Crippen molar-refractivity contribution in [3.8, 4) is 45.9 Å². The molecular weight excluding hydrogens is 562 g/mol. The number of nitriles is 2. The quantitative estimate of drug-likeness (QED) is 0.182. The maximum Gasteiger partial charge on any atom is 0.573 e. The van der Waals surface area contributed by atoms with Gasteiger partial charge in [0.25, 0.3) is 11.4 Å². The van der Waals surface area contributed by atoms with Crippen LogP contribution in [-0.2, 0) is 12.8 Å². The predicted molar refractivity (Wildman–Crippen MR) is 136 cm³/mol. The Balaban J connectivity index is 2.05. The Bertz CT molecular complexity index is 2000. The Morgan fingerprint density at radius 2 is 1.24 bits per heavy atom. The number of hydrogen-bond acceptors (Lipinski definition) is 4. The van der Waals surface area contributed by atoms with Crippen LogP contribution in [0.3, 0.4) is 0 Å². The molecule has 0 amide bonds. The van der Waals surface area contributed by atoms with Gasteiger partial charge in [0, 0.05) is 22.1 Å². The molecule has 0 fully saturated rings. The fraction of sp³-hybridized carbons (Fsp3) is 0.200. The van der Waals surface area contributed by atoms with E-state index in [0.717, 1.165) is 22.8 Å². The van der Waals surface area contributed by atoms with Gasteiger partial charge in [0.15, 0.2) is 0 Å². The summed E-state index contributed by atoms with van der Waals surface area (Å²) in [5.41, 5.74) is 2.56. The molecule has 3 aromatic carbocycles. The van der Waals surface area contributed by atoms with E-state index in [0.29, 0.717) is 22.8 Å². The molecule has 42 heavy (non-hydrogen) atoms. The van der Waals surface area contributed by atoms with Crippen LogP contribution >= 0.6 is 0 Å². The minimum absolute atomic E-state index is 0.0213. The van der Waals surface area contributed by atoms with Crippen molar-refractivity contribution in [1.82, 2.24) is 0 Å². The monoisotopic (exact) mass is 576 g/mol. The molecule has 2 aliphatic carbocycles. The van der Waals surface area contributed by atoms with Gasteiger partial charge in [0.2, 0.25) is 0 Å². The zero-order chi connectivity index (χ0) is 30.7. The molecule has 6 nitrogen and oxygen atoms in total. The number of aryl methyl sites for hydroxylation is 2. The summed E-state index contributed by atoms with van der Waals surface area (Å²) in [4.78, 5) is 6.70. The number of nitrogens with zero attached hydrogens (tertiary/aromatic N) is 4. The normalized spacial score (nSPS) is 14.2. The van der Waals surface area contributed by atoms with E-state index in [9.17, 15) is 36.9 Å². The van der Waals surface area contributed by atoms with Gasteiger partial charge < -0.3 is 9.47 Å². The van der Waals surface area contributed by atoms with Crippen LogP contribution in [0.5, 0.6) is 11.5 Å². The highest BCUT2D eigenvalue weighted by atomic mass is 19.4. The zero-order valence-corrected chi connectivity index (χ0v) is 21.6. The number of fused-ring (bicyclic) bond motifs is 6. The molecule has 0 saturated carbocycles. The summed E-state index contributed by atoms with van der Waals surface area (Å²) in [6.45, 7) is 19.0. The number of ether oxygens (including phenoxy) is 2. The molecule has 0 radical (unpaired) electrons. The molecule has 0 heterocycles. The predicted octanol–water partition coefficient (Wildman–Crippen LogP) is 6.35. The van der Waals surface area contributed by atoms with E-state index < -0.39 is 35.6 Å². The van der Waals surface area contributed by atoms with Gasteiger partial charge in [-0.15, -0.1) is 26.3 Å². The molecule has 0 unspecified atom stereocenters. The summed E-state index contributed by atoms with van der Waals surface area (Å²) in [6.07, 6.45) is -10.8. The first-order chi connectivity index (χ1) is 19.7. The number of rotatable bonds is 2. The van der Waals surface area contributed by atoms with Crippen molar-refractivity contribution in [1.29, 1.82) is 10.5 Å². The number of alkyl halides is 6. The number of hydrogen-bond donors (Lipinski definition) is 0. The molecule has 0 bridgehead atoms. The van der Waals surface area contributed by atoms with E-state index in [4.69, 9.17) is 13.1 Å². The first-order valence-electron chi connectivity index (χ1n) is 12.0. The first kappa shape index (κ1) is 28.1. The van der Waals surface area contributed by atoms with Gasteiger partial charge in [-0.1, -0.05) is 17.7 Å². The summed E-state index contributed by atoms with van der Waals surface area (Å²) in [5, 5.41) is 19.9. The fourth-order valence-corrected chi connectivity index (χ4v) is 5.95. The average molecular weight is 576 g/mol. The largest absolute Gasteiger partial charge is 0.573 e. The Morgan fingerprint density at radius 3 is 1.71 bits per heavy atom. The van der Waals surface area contributed by atoms with E-state index >= 15 is 0 Å². The third-order valence-corrected chi connectivity index (χ3v) is 7.03. The van der Waals surface area contributed by atoms with Gasteiger partial charge in [0.05, 0.1) is 25.3 Å². The molecule has 0 aromatic heterocycles. The third kappa shape index (κ3) is 4.54. The van der Waals surface area contributed by atoms with Crippen LogP contribution in [0.1, 0.15) is 33.4 Å². The maximum absolute atomic E-state index is 13.6. The van der Waals surface area contributed by atoms with Crippen molar-refractivity contribution < 1.29 is 35.8 Å². The second-order valence-electron chi connectivity index (χ2n) is 9.62. The highest BCUT2D eigenvalue weighted by molar-refractivity contribution is 5.95. The molecule has 208 valence electrons. The minimum Gasteiger partial charge on any atom is -0.406 e. The molecule has 0 spiro atoms. The smallest absolute Gasteiger partial charge is 0.406 e. The lowest BCUT2D eigenvalue weighted by molar-refractivity contribution is -0.276. The summed E-state index contributed by atoms with van der Waals surface area (Å²) >= 11 is 0. The maximum atomic E-state index is 13.6. The van der Waals surface area contributed by atoms with Gasteiger partial charge in [-0.3, -0.25) is 0 Å². The van der Waals surface area contributed by atoms with Crippen molar-refractivity contribution in [3.63, 3.8) is 0 Å². The van der Waals surface area contributed by atoms with Crippen LogP contribution in [0.25, 0.3) is 43.3 Å². The summed E-state index contributed by atoms with van der Waals surface area (Å²) in [6, 6.07) is 8.67. The lowest BCUT2D eigenvalue weighted by Gasteiger charge is -2.18. The van der Waals surface area contributed by atoms with Crippen molar-refractivity contribution in [2.45, 2.75) is 39.4 Å². The van der Waals surface area contributed by atoms with Crippen LogP contribution in [0.15, 0.2) is 24.3 Å². The van der Waals surface area contributed by atoms with E-state index in [2.05, 4.69) is 19.2 Å². The van der Waals surface area contributed by atoms with Crippen molar-refractivity contribution in [2.75, 3.05) is 0 Å². The van der Waals surface area contributed by atoms with E-state index in [1.165, 1.54) is 0 Å². The summed E-state index contributed by atoms with van der Waals surface area (Å²) in [5.74, 6) is -2.03. The Hall–Kier alpha value is -5.46. The standard InChI is InChI=1S/C30H14F6N4O2/c1-13-5-14(2)23-15(6-13)8-18-26(21(12-38)40-4)28-19(25(27(18)23)20(11-37)39-3)9-16-7-17(41-29(31,32)33)10-22(24(16)28)42-30(34,35)36/h5-7,10H,8-9H2,1-2H3/b25-20-,26-21+. The van der Waals surface area contributed by atoms with Gasteiger partial charge >= 0.3 is 12.7 Å². The fourth-order valence-electron chi connectivity index (χ4n) is 5.95. The van der Waals surface area contributed by atoms with Gasteiger partial charge in [-0.05, 0) is 77.3 Å². The lowest BCUT2D eigenvalue weighted by Crippen LogP contribution is -2.26. The van der Waals surface area contributed by atoms with Crippen molar-refractivity contribution >= 4 is 11.4 Å². The highest BCUT2D eigenvalue weighted by Crippen LogP contribution is 2.48. The average Bonchev–Trinajstić information content (AvgIpc) is 3.43. The second-order valence-corrected chi connectivity index (χ2v) is 9.62. The van der Waals surface area contributed by atoms with Crippen LogP contribution in [-0.4, -0.2) is 12.7 Å². The topological polar surface area (TPSA) is 74.8 Å². The van der Waals surface area contributed by atoms with Crippen LogP contribution in [0, 0.1) is 49.7 Å². The minimum atomic E-state index is -5.33. The zero-order valence-electron chi connectivity index (χ0n) is 21.6.